The van der Waals surface area contributed by atoms with Crippen molar-refractivity contribution in [3.05, 3.63) is 18.4 Å². The highest BCUT2D eigenvalue weighted by molar-refractivity contribution is 6.56. The Bertz CT molecular complexity index is 146. The third-order valence-electron chi connectivity index (χ3n) is 0.747. The molecule has 41 valence electrons. The molecule has 2 N–H and O–H groups in total. The van der Waals surface area contributed by atoms with Crippen molar-refractivity contribution in [3.63, 3.8) is 0 Å². The second-order valence-corrected chi connectivity index (χ2v) is 1.33. The number of furan rings is 1. The number of rotatable bonds is 1. The quantitative estimate of drug-likeness (QED) is 0.445. The molecule has 0 saturated heterocycles. The van der Waals surface area contributed by atoms with Crippen LogP contribution in [0.3, 0.4) is 0 Å². The average molecular weight is 111 g/mol. The van der Waals surface area contributed by atoms with Crippen molar-refractivity contribution in [1.82, 2.24) is 0 Å². The van der Waals surface area contributed by atoms with Gasteiger partial charge in [-0.25, -0.2) is 0 Å². The summed E-state index contributed by atoms with van der Waals surface area (Å²) in [5.74, 6) is 0. The highest BCUT2D eigenvalue weighted by Crippen LogP contribution is 1.80. The molecule has 0 bridgehead atoms. The second-order valence-electron chi connectivity index (χ2n) is 1.33. The molecule has 3 nitrogen and oxygen atoms in total. The van der Waals surface area contributed by atoms with Gasteiger partial charge >= 0.3 is 7.12 Å². The maximum atomic E-state index is 8.35. The van der Waals surface area contributed by atoms with Gasteiger partial charge in [-0.2, -0.15) is 0 Å². The van der Waals surface area contributed by atoms with Crippen molar-refractivity contribution in [2.75, 3.05) is 0 Å². The minimum atomic E-state index is -1.51. The maximum absolute atomic E-state index is 8.35. The van der Waals surface area contributed by atoms with Gasteiger partial charge in [0.05, 0.1) is 0 Å². The molecule has 0 aliphatic carbocycles. The normalized spacial score (nSPS) is 9.25. The Labute approximate surface area is 46.7 Å². The summed E-state index contributed by atoms with van der Waals surface area (Å²) in [6, 6.07) is 2.90. The first-order valence-corrected chi connectivity index (χ1v) is 2.12. The molecule has 0 aliphatic heterocycles. The molecule has 0 aromatic carbocycles. The van der Waals surface area contributed by atoms with E-state index in [0.29, 0.717) is 0 Å². The van der Waals surface area contributed by atoms with Crippen LogP contribution in [-0.2, 0) is 0 Å². The molecule has 8 heavy (non-hydrogen) atoms. The molecule has 4 heteroatoms. The Hall–Kier alpha value is -0.735. The van der Waals surface area contributed by atoms with Gasteiger partial charge in [-0.05, 0) is 12.1 Å². The molecule has 1 radical (unpaired) electrons. The molecule has 0 aliphatic rings. The van der Waals surface area contributed by atoms with Crippen LogP contribution in [0.4, 0.5) is 0 Å². The van der Waals surface area contributed by atoms with Crippen LogP contribution in [0.5, 0.6) is 0 Å². The lowest BCUT2D eigenvalue weighted by Crippen LogP contribution is -2.27. The van der Waals surface area contributed by atoms with Gasteiger partial charge in [-0.3, -0.25) is 0 Å². The van der Waals surface area contributed by atoms with Crippen LogP contribution in [0.25, 0.3) is 0 Å². The Morgan fingerprint density at radius 1 is 1.62 bits per heavy atom. The SMILES string of the molecule is OB(O)c1cc[c]o1. The monoisotopic (exact) mass is 111 g/mol. The largest absolute Gasteiger partial charge is 0.526 e. The molecule has 0 fully saturated rings. The maximum Gasteiger partial charge on any atom is 0.526 e. The van der Waals surface area contributed by atoms with Gasteiger partial charge in [0.15, 0.2) is 6.26 Å². The van der Waals surface area contributed by atoms with Crippen LogP contribution in [-0.4, -0.2) is 17.2 Å². The molecule has 1 heterocycles. The molecule has 0 unspecified atom stereocenters. The van der Waals surface area contributed by atoms with Crippen molar-refractivity contribution in [3.8, 4) is 0 Å². The Balaban J connectivity index is 2.77. The number of hydrogen-bond acceptors (Lipinski definition) is 3. The van der Waals surface area contributed by atoms with Crippen molar-refractivity contribution in [1.29, 1.82) is 0 Å². The lowest BCUT2D eigenvalue weighted by molar-refractivity contribution is 0.409. The third-order valence-corrected chi connectivity index (χ3v) is 0.747. The predicted octanol–water partition coefficient (Wildman–Crippen LogP) is -1.24. The fourth-order valence-electron chi connectivity index (χ4n) is 0.391. The van der Waals surface area contributed by atoms with Crippen molar-refractivity contribution < 1.29 is 14.5 Å². The van der Waals surface area contributed by atoms with Crippen molar-refractivity contribution in [2.24, 2.45) is 0 Å². The van der Waals surface area contributed by atoms with E-state index < -0.39 is 7.12 Å². The highest BCUT2D eigenvalue weighted by Gasteiger charge is 2.12. The van der Waals surface area contributed by atoms with E-state index in [1.807, 2.05) is 0 Å². The van der Waals surface area contributed by atoms with E-state index in [-0.39, 0.29) is 5.66 Å². The summed E-state index contributed by atoms with van der Waals surface area (Å²) in [5.41, 5.74) is 0.116. The first-order chi connectivity index (χ1) is 3.80. The van der Waals surface area contributed by atoms with E-state index in [1.165, 1.54) is 12.1 Å². The standard InChI is InChI=1S/C4H4BO3/c6-5(7)4-2-1-3-8-4/h1-2,6-7H. The van der Waals surface area contributed by atoms with Crippen LogP contribution in [0.15, 0.2) is 16.5 Å². The lowest BCUT2D eigenvalue weighted by atomic mass is 9.88. The lowest BCUT2D eigenvalue weighted by Gasteiger charge is -1.86. The van der Waals surface area contributed by atoms with E-state index in [9.17, 15) is 0 Å². The van der Waals surface area contributed by atoms with Crippen molar-refractivity contribution >= 4 is 12.8 Å². The summed E-state index contributed by atoms with van der Waals surface area (Å²) in [6.07, 6.45) is 2.32. The zero-order valence-corrected chi connectivity index (χ0v) is 4.03. The molecule has 0 atom stereocenters. The molecule has 1 rings (SSSR count). The Morgan fingerprint density at radius 3 is 2.62 bits per heavy atom. The summed E-state index contributed by atoms with van der Waals surface area (Å²) in [5, 5.41) is 16.7. The smallest absolute Gasteiger partial charge is 0.461 e. The first kappa shape index (κ1) is 5.40. The van der Waals surface area contributed by atoms with E-state index in [0.717, 1.165) is 0 Å². The van der Waals surface area contributed by atoms with E-state index in [1.54, 1.807) is 0 Å². The molecule has 1 aromatic rings. The fraction of sp³-hybridized carbons (Fsp3) is 0. The van der Waals surface area contributed by atoms with Gasteiger partial charge in [-0.15, -0.1) is 0 Å². The Kier molecular flexibility index (Phi) is 1.37. The minimum absolute atomic E-state index is 0.116. The molecule has 0 spiro atoms. The fourth-order valence-corrected chi connectivity index (χ4v) is 0.391. The highest BCUT2D eigenvalue weighted by atomic mass is 16.4. The van der Waals surface area contributed by atoms with Crippen LogP contribution in [0.1, 0.15) is 0 Å². The summed E-state index contributed by atoms with van der Waals surface area (Å²) < 4.78 is 4.47. The van der Waals surface area contributed by atoms with Crippen molar-refractivity contribution in [2.45, 2.75) is 0 Å². The Morgan fingerprint density at radius 2 is 2.38 bits per heavy atom. The van der Waals surface area contributed by atoms with Gasteiger partial charge in [0.1, 0.15) is 5.66 Å². The van der Waals surface area contributed by atoms with Gasteiger partial charge < -0.3 is 14.5 Å². The molecular weight excluding hydrogens is 107 g/mol. The van der Waals surface area contributed by atoms with Gasteiger partial charge in [0.25, 0.3) is 0 Å². The van der Waals surface area contributed by atoms with Crippen LogP contribution in [0.2, 0.25) is 0 Å². The van der Waals surface area contributed by atoms with E-state index >= 15 is 0 Å². The van der Waals surface area contributed by atoms with Crippen LogP contribution >= 0.6 is 0 Å². The summed E-state index contributed by atoms with van der Waals surface area (Å²) in [7, 11) is -1.51. The number of hydrogen-bond donors (Lipinski definition) is 2. The molecule has 0 saturated carbocycles. The average Bonchev–Trinajstić information content (AvgIpc) is 2.12. The van der Waals surface area contributed by atoms with Crippen LogP contribution < -0.4 is 5.66 Å². The van der Waals surface area contributed by atoms with E-state index in [2.05, 4.69) is 10.7 Å². The minimum Gasteiger partial charge on any atom is -0.461 e. The van der Waals surface area contributed by atoms with Gasteiger partial charge in [-0.1, -0.05) is 0 Å². The first-order valence-electron chi connectivity index (χ1n) is 2.12. The molecule has 0 amide bonds. The summed E-state index contributed by atoms with van der Waals surface area (Å²) >= 11 is 0. The molecule has 1 aromatic heterocycles. The van der Waals surface area contributed by atoms with Crippen LogP contribution in [0, 0.1) is 6.26 Å². The van der Waals surface area contributed by atoms with E-state index in [4.69, 9.17) is 10.0 Å². The zero-order valence-electron chi connectivity index (χ0n) is 4.03. The molecular formula is C4H4BO3. The van der Waals surface area contributed by atoms with Gasteiger partial charge in [0.2, 0.25) is 0 Å². The van der Waals surface area contributed by atoms with Gasteiger partial charge in [0, 0.05) is 0 Å². The predicted molar refractivity (Wildman–Crippen MR) is 27.4 cm³/mol. The third kappa shape index (κ3) is 0.909. The summed E-state index contributed by atoms with van der Waals surface area (Å²) in [4.78, 5) is 0. The second kappa shape index (κ2) is 2.02. The zero-order chi connectivity index (χ0) is 5.98. The topological polar surface area (TPSA) is 53.6 Å². The summed E-state index contributed by atoms with van der Waals surface area (Å²) in [6.45, 7) is 0.